The second-order valence-electron chi connectivity index (χ2n) is 6.16. The third kappa shape index (κ3) is 4.79. The normalized spacial score (nSPS) is 15.2. The molecule has 144 valence electrons. The minimum atomic E-state index is -0.473. The number of nitrogens with zero attached hydrogens (tertiary/aromatic N) is 1. The van der Waals surface area contributed by atoms with E-state index < -0.39 is 5.97 Å². The van der Waals surface area contributed by atoms with E-state index in [4.69, 9.17) is 17.0 Å². The Labute approximate surface area is 173 Å². The van der Waals surface area contributed by atoms with Crippen LogP contribution in [-0.2, 0) is 20.9 Å². The number of rotatable bonds is 6. The molecule has 0 aliphatic carbocycles. The zero-order chi connectivity index (χ0) is 20.1. The molecule has 1 fully saturated rings. The number of aryl methyl sites for hydroxylation is 1. The first-order valence-electron chi connectivity index (χ1n) is 8.57. The number of esters is 1. The van der Waals surface area contributed by atoms with Crippen LogP contribution < -0.4 is 4.74 Å². The number of methoxy groups -OCH3 is 1. The van der Waals surface area contributed by atoms with Crippen LogP contribution in [0.3, 0.4) is 0 Å². The number of hydrogen-bond acceptors (Lipinski definition) is 6. The van der Waals surface area contributed by atoms with Gasteiger partial charge >= 0.3 is 5.97 Å². The quantitative estimate of drug-likeness (QED) is 0.406. The van der Waals surface area contributed by atoms with Gasteiger partial charge < -0.3 is 9.47 Å². The molecule has 0 atom stereocenters. The van der Waals surface area contributed by atoms with Gasteiger partial charge in [0.1, 0.15) is 10.1 Å². The van der Waals surface area contributed by atoms with Crippen LogP contribution in [0.15, 0.2) is 53.4 Å². The highest BCUT2D eigenvalue weighted by molar-refractivity contribution is 8.26. The van der Waals surface area contributed by atoms with Gasteiger partial charge in [0, 0.05) is 5.56 Å². The van der Waals surface area contributed by atoms with Gasteiger partial charge in [-0.2, -0.15) is 0 Å². The first-order valence-corrected chi connectivity index (χ1v) is 9.80. The van der Waals surface area contributed by atoms with Crippen molar-refractivity contribution < 1.29 is 19.1 Å². The van der Waals surface area contributed by atoms with Gasteiger partial charge in [-0.1, -0.05) is 72.0 Å². The van der Waals surface area contributed by atoms with Crippen molar-refractivity contribution in [1.29, 1.82) is 0 Å². The second-order valence-corrected chi connectivity index (χ2v) is 7.83. The lowest BCUT2D eigenvalue weighted by Crippen LogP contribution is -2.27. The van der Waals surface area contributed by atoms with Crippen molar-refractivity contribution in [2.24, 2.45) is 0 Å². The molecule has 1 aliphatic heterocycles. The molecule has 0 radical (unpaired) electrons. The lowest BCUT2D eigenvalue weighted by atomic mass is 10.1. The number of para-hydroxylation sites is 1. The summed E-state index contributed by atoms with van der Waals surface area (Å²) < 4.78 is 10.6. The van der Waals surface area contributed by atoms with Gasteiger partial charge in [-0.05, 0) is 24.6 Å². The minimum absolute atomic E-state index is 0.140. The molecule has 7 heteroatoms. The molecule has 0 N–H and O–H groups in total. The Morgan fingerprint density at radius 2 is 1.89 bits per heavy atom. The van der Waals surface area contributed by atoms with Crippen molar-refractivity contribution in [3.05, 3.63) is 70.1 Å². The van der Waals surface area contributed by atoms with Crippen LogP contribution in [0.2, 0.25) is 0 Å². The number of hydrogen-bond donors (Lipinski definition) is 0. The maximum Gasteiger partial charge on any atom is 0.343 e. The van der Waals surface area contributed by atoms with Gasteiger partial charge in [-0.25, -0.2) is 4.79 Å². The Balaban J connectivity index is 1.78. The molecule has 0 spiro atoms. The molecule has 0 saturated carbocycles. The monoisotopic (exact) mass is 413 g/mol. The van der Waals surface area contributed by atoms with E-state index in [0.29, 0.717) is 27.1 Å². The summed E-state index contributed by atoms with van der Waals surface area (Å²) in [6, 6.07) is 15.2. The highest BCUT2D eigenvalue weighted by Gasteiger charge is 2.32. The third-order valence-electron chi connectivity index (χ3n) is 4.11. The molecular weight excluding hydrogens is 394 g/mol. The van der Waals surface area contributed by atoms with E-state index in [1.54, 1.807) is 23.1 Å². The van der Waals surface area contributed by atoms with Crippen LogP contribution in [0.25, 0.3) is 6.08 Å². The number of thioether (sulfide) groups is 1. The van der Waals surface area contributed by atoms with Gasteiger partial charge in [0.15, 0.2) is 6.61 Å². The third-order valence-corrected chi connectivity index (χ3v) is 5.49. The summed E-state index contributed by atoms with van der Waals surface area (Å²) in [4.78, 5) is 26.3. The van der Waals surface area contributed by atoms with Gasteiger partial charge in [0.25, 0.3) is 5.91 Å². The molecule has 0 bridgehead atoms. The van der Waals surface area contributed by atoms with E-state index in [1.807, 2.05) is 43.3 Å². The molecule has 1 heterocycles. The fraction of sp³-hybridized carbons (Fsp3) is 0.190. The highest BCUT2D eigenvalue weighted by atomic mass is 32.2. The summed E-state index contributed by atoms with van der Waals surface area (Å²) in [5, 5.41) is 0. The van der Waals surface area contributed by atoms with Crippen LogP contribution in [0.5, 0.6) is 5.75 Å². The number of thiocarbonyl (C=S) groups is 1. The van der Waals surface area contributed by atoms with Crippen molar-refractivity contribution in [3.8, 4) is 5.75 Å². The van der Waals surface area contributed by atoms with Crippen LogP contribution in [0.1, 0.15) is 16.7 Å². The number of amides is 1. The Morgan fingerprint density at radius 3 is 2.61 bits per heavy atom. The molecule has 1 saturated heterocycles. The summed E-state index contributed by atoms with van der Waals surface area (Å²) in [5.74, 6) is -0.116. The predicted molar refractivity (Wildman–Crippen MR) is 114 cm³/mol. The van der Waals surface area contributed by atoms with Gasteiger partial charge in [-0.15, -0.1) is 0 Å². The number of ether oxygens (including phenoxy) is 2. The van der Waals surface area contributed by atoms with E-state index >= 15 is 0 Å². The Hall–Kier alpha value is -2.64. The average Bonchev–Trinajstić information content (AvgIpc) is 2.96. The Kier molecular flexibility index (Phi) is 6.49. The lowest BCUT2D eigenvalue weighted by Gasteiger charge is -2.14. The summed E-state index contributed by atoms with van der Waals surface area (Å²) in [7, 11) is 1.30. The number of carbonyl (C=O) groups excluding carboxylic acids is 2. The van der Waals surface area contributed by atoms with Crippen molar-refractivity contribution in [1.82, 2.24) is 4.90 Å². The van der Waals surface area contributed by atoms with E-state index in [1.165, 1.54) is 18.9 Å². The largest absolute Gasteiger partial charge is 0.481 e. The van der Waals surface area contributed by atoms with Gasteiger partial charge in [0.2, 0.25) is 0 Å². The van der Waals surface area contributed by atoms with E-state index in [-0.39, 0.29) is 12.5 Å². The molecule has 28 heavy (non-hydrogen) atoms. The lowest BCUT2D eigenvalue weighted by molar-refractivity contribution is -0.142. The first kappa shape index (κ1) is 20.1. The molecule has 0 unspecified atom stereocenters. The maximum absolute atomic E-state index is 12.8. The highest BCUT2D eigenvalue weighted by Crippen LogP contribution is 2.35. The molecule has 0 aromatic heterocycles. The topological polar surface area (TPSA) is 55.8 Å². The first-order chi connectivity index (χ1) is 13.5. The fourth-order valence-electron chi connectivity index (χ4n) is 2.58. The molecule has 1 amide bonds. The SMILES string of the molecule is COC(=O)COc1ccccc1/C=C1\SC(=S)N(Cc2ccc(C)cc2)C1=O. The summed E-state index contributed by atoms with van der Waals surface area (Å²) in [6.45, 7) is 2.25. The predicted octanol–water partition coefficient (Wildman–Crippen LogP) is 3.95. The maximum atomic E-state index is 12.8. The van der Waals surface area contributed by atoms with E-state index in [2.05, 4.69) is 4.74 Å². The summed E-state index contributed by atoms with van der Waals surface area (Å²) in [5.41, 5.74) is 2.88. The van der Waals surface area contributed by atoms with Crippen molar-refractivity contribution in [2.45, 2.75) is 13.5 Å². The number of benzene rings is 2. The van der Waals surface area contributed by atoms with Crippen LogP contribution in [-0.4, -0.2) is 34.8 Å². The van der Waals surface area contributed by atoms with Crippen LogP contribution >= 0.6 is 24.0 Å². The van der Waals surface area contributed by atoms with Crippen LogP contribution in [0.4, 0.5) is 0 Å². The second kappa shape index (κ2) is 9.03. The fourth-order valence-corrected chi connectivity index (χ4v) is 3.83. The zero-order valence-electron chi connectivity index (χ0n) is 15.5. The van der Waals surface area contributed by atoms with E-state index in [0.717, 1.165) is 11.1 Å². The zero-order valence-corrected chi connectivity index (χ0v) is 17.1. The van der Waals surface area contributed by atoms with Gasteiger partial charge in [-0.3, -0.25) is 9.69 Å². The van der Waals surface area contributed by atoms with Crippen molar-refractivity contribution in [3.63, 3.8) is 0 Å². The van der Waals surface area contributed by atoms with Gasteiger partial charge in [0.05, 0.1) is 18.6 Å². The molecule has 5 nitrogen and oxygen atoms in total. The minimum Gasteiger partial charge on any atom is -0.481 e. The molecule has 2 aromatic rings. The molecule has 3 rings (SSSR count). The Morgan fingerprint density at radius 1 is 1.18 bits per heavy atom. The molecule has 1 aliphatic rings. The molecular formula is C21H19NO4S2. The number of carbonyl (C=O) groups is 2. The van der Waals surface area contributed by atoms with Crippen LogP contribution in [0, 0.1) is 6.92 Å². The molecule has 2 aromatic carbocycles. The van der Waals surface area contributed by atoms with E-state index in [9.17, 15) is 9.59 Å². The van der Waals surface area contributed by atoms with Crippen molar-refractivity contribution in [2.75, 3.05) is 13.7 Å². The standard InChI is InChI=1S/C21H19NO4S2/c1-14-7-9-15(10-8-14)12-22-20(24)18(28-21(22)27)11-16-5-3-4-6-17(16)26-13-19(23)25-2/h3-11H,12-13H2,1-2H3/b18-11-. The Bertz CT molecular complexity index is 938. The summed E-state index contributed by atoms with van der Waals surface area (Å²) in [6.07, 6.45) is 1.74. The summed E-state index contributed by atoms with van der Waals surface area (Å²) >= 11 is 6.66. The average molecular weight is 414 g/mol. The smallest absolute Gasteiger partial charge is 0.343 e. The van der Waals surface area contributed by atoms with Crippen molar-refractivity contribution >= 4 is 46.3 Å².